The van der Waals surface area contributed by atoms with Crippen LogP contribution in [0.3, 0.4) is 0 Å². The van der Waals surface area contributed by atoms with Crippen molar-refractivity contribution >= 4 is 11.8 Å². The molecular formula is C27H48N4O2. The van der Waals surface area contributed by atoms with Crippen molar-refractivity contribution in [3.05, 3.63) is 11.6 Å². The highest BCUT2D eigenvalue weighted by Gasteiger charge is 2.35. The zero-order chi connectivity index (χ0) is 24.2. The molecule has 2 fully saturated rings. The van der Waals surface area contributed by atoms with Gasteiger partial charge in [0.05, 0.1) is 6.17 Å². The van der Waals surface area contributed by atoms with Crippen LogP contribution in [0.4, 0.5) is 0 Å². The molecular weight excluding hydrogens is 412 g/mol. The Hall–Kier alpha value is -1.40. The van der Waals surface area contributed by atoms with Gasteiger partial charge in [0.25, 0.3) is 0 Å². The van der Waals surface area contributed by atoms with E-state index in [9.17, 15) is 9.59 Å². The molecule has 3 rings (SSSR count). The molecule has 2 aliphatic heterocycles. The third-order valence-corrected chi connectivity index (χ3v) is 8.08. The smallest absolute Gasteiger partial charge is 0.225 e. The fourth-order valence-electron chi connectivity index (χ4n) is 5.75. The zero-order valence-electron chi connectivity index (χ0n) is 22.0. The first-order valence-corrected chi connectivity index (χ1v) is 13.3. The lowest BCUT2D eigenvalue weighted by molar-refractivity contribution is -0.134. The van der Waals surface area contributed by atoms with Crippen LogP contribution in [0.1, 0.15) is 73.6 Å². The van der Waals surface area contributed by atoms with E-state index in [0.29, 0.717) is 48.7 Å². The van der Waals surface area contributed by atoms with Gasteiger partial charge in [0.2, 0.25) is 11.8 Å². The van der Waals surface area contributed by atoms with Gasteiger partial charge in [-0.05, 0) is 62.8 Å². The molecule has 2 N–H and O–H groups in total. The Morgan fingerprint density at radius 3 is 2.42 bits per heavy atom. The second kappa shape index (κ2) is 11.4. The van der Waals surface area contributed by atoms with E-state index < -0.39 is 0 Å². The van der Waals surface area contributed by atoms with Crippen LogP contribution in [-0.4, -0.2) is 67.0 Å². The van der Waals surface area contributed by atoms with E-state index in [-0.39, 0.29) is 11.3 Å². The molecule has 2 heterocycles. The van der Waals surface area contributed by atoms with Crippen LogP contribution in [0.15, 0.2) is 11.6 Å². The maximum absolute atomic E-state index is 13.2. The monoisotopic (exact) mass is 460 g/mol. The molecule has 0 aromatic heterocycles. The molecule has 0 aromatic rings. The topological polar surface area (TPSA) is 64.7 Å². The summed E-state index contributed by atoms with van der Waals surface area (Å²) in [4.78, 5) is 30.2. The molecule has 1 unspecified atom stereocenters. The summed E-state index contributed by atoms with van der Waals surface area (Å²) in [6, 6.07) is 0. The van der Waals surface area contributed by atoms with Crippen molar-refractivity contribution in [1.82, 2.24) is 20.4 Å². The van der Waals surface area contributed by atoms with Crippen LogP contribution in [-0.2, 0) is 9.59 Å². The molecule has 33 heavy (non-hydrogen) atoms. The summed E-state index contributed by atoms with van der Waals surface area (Å²) in [5.74, 6) is 2.09. The number of piperidine rings is 1. The van der Waals surface area contributed by atoms with E-state index in [1.165, 1.54) is 24.8 Å². The zero-order valence-corrected chi connectivity index (χ0v) is 22.0. The van der Waals surface area contributed by atoms with Crippen LogP contribution in [0.25, 0.3) is 0 Å². The van der Waals surface area contributed by atoms with E-state index in [1.807, 2.05) is 20.8 Å². The van der Waals surface area contributed by atoms with E-state index >= 15 is 0 Å². The molecule has 0 bridgehead atoms. The standard InChI is InChI=1S/C27H48N4O2/c1-19(2)23-16-21(20(3)15-22(23)18-29-26(33)27(4,5)6)17-25(32)31-13-11-30(12-14-31)24-9-7-8-10-28-24/h15,19,21-24,28H,7-14,16-18H2,1-6H3,(H,29,33)/t21-,22-,23-,24?/m0/s1. The number of carbonyl (C=O) groups excluding carboxylic acids is 2. The van der Waals surface area contributed by atoms with Crippen LogP contribution in [0.5, 0.6) is 0 Å². The summed E-state index contributed by atoms with van der Waals surface area (Å²) in [6.45, 7) is 18.1. The Kier molecular flexibility index (Phi) is 9.02. The molecule has 4 atom stereocenters. The molecule has 6 heteroatoms. The normalized spacial score (nSPS) is 29.7. The maximum Gasteiger partial charge on any atom is 0.225 e. The summed E-state index contributed by atoms with van der Waals surface area (Å²) in [6.07, 6.45) is 8.33. The number of amides is 2. The second-order valence-corrected chi connectivity index (χ2v) is 12.0. The molecule has 2 amide bonds. The summed E-state index contributed by atoms with van der Waals surface area (Å²) in [5, 5.41) is 6.81. The molecule has 6 nitrogen and oxygen atoms in total. The molecule has 2 saturated heterocycles. The number of carbonyl (C=O) groups is 2. The number of hydrogen-bond acceptors (Lipinski definition) is 4. The van der Waals surface area contributed by atoms with Crippen molar-refractivity contribution < 1.29 is 9.59 Å². The van der Waals surface area contributed by atoms with Gasteiger partial charge in [-0.2, -0.15) is 0 Å². The van der Waals surface area contributed by atoms with Gasteiger partial charge in [0.1, 0.15) is 0 Å². The van der Waals surface area contributed by atoms with Gasteiger partial charge < -0.3 is 15.5 Å². The molecule has 188 valence electrons. The lowest BCUT2D eigenvalue weighted by Crippen LogP contribution is -2.57. The lowest BCUT2D eigenvalue weighted by Gasteiger charge is -2.42. The summed E-state index contributed by atoms with van der Waals surface area (Å²) in [5.41, 5.74) is 0.951. The Labute approximate surface area is 201 Å². The van der Waals surface area contributed by atoms with E-state index in [4.69, 9.17) is 0 Å². The van der Waals surface area contributed by atoms with Gasteiger partial charge in [-0.15, -0.1) is 0 Å². The number of nitrogens with zero attached hydrogens (tertiary/aromatic N) is 2. The molecule has 0 aromatic carbocycles. The molecule has 0 radical (unpaired) electrons. The fourth-order valence-corrected chi connectivity index (χ4v) is 5.75. The molecule has 0 spiro atoms. The average Bonchev–Trinajstić information content (AvgIpc) is 2.78. The highest BCUT2D eigenvalue weighted by atomic mass is 16.2. The number of rotatable bonds is 6. The minimum Gasteiger partial charge on any atom is -0.355 e. The first kappa shape index (κ1) is 26.2. The average molecular weight is 461 g/mol. The minimum absolute atomic E-state index is 0.107. The fraction of sp³-hybridized carbons (Fsp3) is 0.852. The maximum atomic E-state index is 13.2. The largest absolute Gasteiger partial charge is 0.355 e. The number of nitrogens with one attached hydrogen (secondary N) is 2. The van der Waals surface area contributed by atoms with Gasteiger partial charge in [-0.1, -0.05) is 46.3 Å². The van der Waals surface area contributed by atoms with Gasteiger partial charge >= 0.3 is 0 Å². The minimum atomic E-state index is -0.368. The quantitative estimate of drug-likeness (QED) is 0.594. The van der Waals surface area contributed by atoms with Crippen molar-refractivity contribution in [2.24, 2.45) is 29.1 Å². The number of piperazine rings is 1. The molecule has 0 saturated carbocycles. The molecule has 1 aliphatic carbocycles. The van der Waals surface area contributed by atoms with E-state index in [1.54, 1.807) is 0 Å². The third kappa shape index (κ3) is 7.05. The Bertz CT molecular complexity index is 697. The Balaban J connectivity index is 1.54. The van der Waals surface area contributed by atoms with Crippen molar-refractivity contribution in [3.63, 3.8) is 0 Å². The Morgan fingerprint density at radius 1 is 1.15 bits per heavy atom. The van der Waals surface area contributed by atoms with Crippen molar-refractivity contribution in [3.8, 4) is 0 Å². The van der Waals surface area contributed by atoms with Crippen LogP contribution >= 0.6 is 0 Å². The summed E-state index contributed by atoms with van der Waals surface area (Å²) < 4.78 is 0. The van der Waals surface area contributed by atoms with Gasteiger partial charge in [0, 0.05) is 44.6 Å². The van der Waals surface area contributed by atoms with E-state index in [2.05, 4.69) is 47.3 Å². The van der Waals surface area contributed by atoms with Crippen LogP contribution in [0.2, 0.25) is 0 Å². The second-order valence-electron chi connectivity index (χ2n) is 12.0. The first-order chi connectivity index (χ1) is 15.6. The molecule has 3 aliphatic rings. The lowest BCUT2D eigenvalue weighted by atomic mass is 9.69. The highest BCUT2D eigenvalue weighted by molar-refractivity contribution is 5.81. The van der Waals surface area contributed by atoms with Gasteiger partial charge in [0.15, 0.2) is 0 Å². The van der Waals surface area contributed by atoms with Crippen LogP contribution < -0.4 is 10.6 Å². The van der Waals surface area contributed by atoms with Crippen molar-refractivity contribution in [2.75, 3.05) is 39.3 Å². The number of allylic oxidation sites excluding steroid dienone is 1. The van der Waals surface area contributed by atoms with Crippen LogP contribution in [0, 0.1) is 29.1 Å². The van der Waals surface area contributed by atoms with Gasteiger partial charge in [-0.3, -0.25) is 14.5 Å². The first-order valence-electron chi connectivity index (χ1n) is 13.3. The SMILES string of the molecule is CC1=C[C@@H](CNC(=O)C(C)(C)C)[C@H](C(C)C)C[C@H]1CC(=O)N1CCN(C2CCCCN2)CC1. The van der Waals surface area contributed by atoms with Crippen molar-refractivity contribution in [2.45, 2.75) is 79.8 Å². The highest BCUT2D eigenvalue weighted by Crippen LogP contribution is 2.39. The third-order valence-electron chi connectivity index (χ3n) is 8.08. The van der Waals surface area contributed by atoms with E-state index in [0.717, 1.165) is 39.1 Å². The predicted octanol–water partition coefficient (Wildman–Crippen LogP) is 3.64. The van der Waals surface area contributed by atoms with Crippen molar-refractivity contribution in [1.29, 1.82) is 0 Å². The Morgan fingerprint density at radius 2 is 1.85 bits per heavy atom. The summed E-state index contributed by atoms with van der Waals surface area (Å²) in [7, 11) is 0. The summed E-state index contributed by atoms with van der Waals surface area (Å²) >= 11 is 0. The number of hydrogen-bond donors (Lipinski definition) is 2. The predicted molar refractivity (Wildman–Crippen MR) is 135 cm³/mol. The van der Waals surface area contributed by atoms with Gasteiger partial charge in [-0.25, -0.2) is 0 Å².